The van der Waals surface area contributed by atoms with Crippen molar-refractivity contribution in [1.82, 2.24) is 9.80 Å². The summed E-state index contributed by atoms with van der Waals surface area (Å²) in [5.41, 5.74) is 0.332. The third-order valence-electron chi connectivity index (χ3n) is 3.27. The largest absolute Gasteiger partial charge is 0.507 e. The highest BCUT2D eigenvalue weighted by Crippen LogP contribution is 2.23. The molecule has 104 valence electrons. The Bertz CT molecular complexity index is 459. The second-order valence-electron chi connectivity index (χ2n) is 4.52. The molecule has 0 aromatic heterocycles. The maximum absolute atomic E-state index is 12.3. The molecule has 1 aliphatic heterocycles. The molecule has 0 unspecified atom stereocenters. The van der Waals surface area contributed by atoms with Gasteiger partial charge in [-0.15, -0.1) is 0 Å². The predicted molar refractivity (Wildman–Crippen MR) is 75.2 cm³/mol. The molecule has 1 aromatic rings. The van der Waals surface area contributed by atoms with Crippen molar-refractivity contribution in [3.63, 3.8) is 0 Å². The summed E-state index contributed by atoms with van der Waals surface area (Å²) < 4.78 is 0.745. The molecule has 1 heterocycles. The Morgan fingerprint density at radius 3 is 2.53 bits per heavy atom. The first-order valence-electron chi connectivity index (χ1n) is 6.23. The van der Waals surface area contributed by atoms with Crippen LogP contribution in [0.15, 0.2) is 22.7 Å². The molecule has 0 atom stereocenters. The number of halogens is 1. The van der Waals surface area contributed by atoms with E-state index in [4.69, 9.17) is 5.11 Å². The number of β-amino-alcohol motifs (C(OH)–C–C–N with tert-alkyl or cyclic N) is 1. The lowest BCUT2D eigenvalue weighted by molar-refractivity contribution is 0.0612. The lowest BCUT2D eigenvalue weighted by Crippen LogP contribution is -2.49. The van der Waals surface area contributed by atoms with E-state index in [9.17, 15) is 9.90 Å². The summed E-state index contributed by atoms with van der Waals surface area (Å²) >= 11 is 3.25. The van der Waals surface area contributed by atoms with Crippen molar-refractivity contribution in [1.29, 1.82) is 0 Å². The van der Waals surface area contributed by atoms with Gasteiger partial charge in [-0.2, -0.15) is 0 Å². The van der Waals surface area contributed by atoms with Gasteiger partial charge in [-0.25, -0.2) is 0 Å². The molecular formula is C13H17BrN2O3. The molecule has 1 aromatic carbocycles. The zero-order valence-electron chi connectivity index (χ0n) is 10.5. The first-order chi connectivity index (χ1) is 9.11. The summed E-state index contributed by atoms with van der Waals surface area (Å²) in [6.07, 6.45) is 0. The van der Waals surface area contributed by atoms with Crippen LogP contribution in [-0.2, 0) is 0 Å². The summed E-state index contributed by atoms with van der Waals surface area (Å²) in [5, 5.41) is 18.7. The standard InChI is InChI=1S/C13H17BrN2O3/c14-10-1-2-11(12(18)9-10)13(19)16-5-3-15(4-6-16)7-8-17/h1-2,9,17-18H,3-8H2. The Hall–Kier alpha value is -1.11. The topological polar surface area (TPSA) is 64.0 Å². The number of benzene rings is 1. The summed E-state index contributed by atoms with van der Waals surface area (Å²) in [4.78, 5) is 16.1. The zero-order valence-corrected chi connectivity index (χ0v) is 12.1. The Labute approximate surface area is 120 Å². The first kappa shape index (κ1) is 14.3. The van der Waals surface area contributed by atoms with Crippen molar-refractivity contribution in [2.75, 3.05) is 39.3 Å². The molecule has 0 radical (unpaired) electrons. The molecule has 2 rings (SSSR count). The van der Waals surface area contributed by atoms with Crippen molar-refractivity contribution in [3.05, 3.63) is 28.2 Å². The van der Waals surface area contributed by atoms with Crippen molar-refractivity contribution in [3.8, 4) is 5.75 Å². The minimum Gasteiger partial charge on any atom is -0.507 e. The molecule has 2 N–H and O–H groups in total. The quantitative estimate of drug-likeness (QED) is 0.865. The lowest BCUT2D eigenvalue weighted by atomic mass is 10.1. The van der Waals surface area contributed by atoms with Gasteiger partial charge >= 0.3 is 0 Å². The van der Waals surface area contributed by atoms with Crippen LogP contribution in [0.3, 0.4) is 0 Å². The molecule has 0 bridgehead atoms. The van der Waals surface area contributed by atoms with Crippen LogP contribution in [0.5, 0.6) is 5.75 Å². The van der Waals surface area contributed by atoms with Crippen LogP contribution in [0.4, 0.5) is 0 Å². The number of carbonyl (C=O) groups is 1. The summed E-state index contributed by atoms with van der Waals surface area (Å²) in [5.74, 6) is -0.147. The maximum Gasteiger partial charge on any atom is 0.257 e. The summed E-state index contributed by atoms with van der Waals surface area (Å²) in [7, 11) is 0. The molecule has 5 nitrogen and oxygen atoms in total. The van der Waals surface area contributed by atoms with Gasteiger partial charge < -0.3 is 15.1 Å². The van der Waals surface area contributed by atoms with Gasteiger partial charge in [0.2, 0.25) is 0 Å². The molecule has 1 saturated heterocycles. The number of rotatable bonds is 3. The average molecular weight is 329 g/mol. The van der Waals surface area contributed by atoms with Gasteiger partial charge in [0.05, 0.1) is 12.2 Å². The van der Waals surface area contributed by atoms with E-state index in [1.165, 1.54) is 6.07 Å². The summed E-state index contributed by atoms with van der Waals surface area (Å²) in [6.45, 7) is 3.53. The number of hydrogen-bond donors (Lipinski definition) is 2. The molecule has 0 saturated carbocycles. The number of aliphatic hydroxyl groups is 1. The fourth-order valence-electron chi connectivity index (χ4n) is 2.17. The van der Waals surface area contributed by atoms with E-state index in [1.54, 1.807) is 17.0 Å². The molecule has 1 fully saturated rings. The van der Waals surface area contributed by atoms with Crippen LogP contribution in [0.25, 0.3) is 0 Å². The highest BCUT2D eigenvalue weighted by molar-refractivity contribution is 9.10. The maximum atomic E-state index is 12.3. The van der Waals surface area contributed by atoms with Crippen molar-refractivity contribution in [2.45, 2.75) is 0 Å². The van der Waals surface area contributed by atoms with E-state index in [1.807, 2.05) is 0 Å². The molecule has 1 amide bonds. The van der Waals surface area contributed by atoms with E-state index in [2.05, 4.69) is 20.8 Å². The molecule has 0 spiro atoms. The summed E-state index contributed by atoms with van der Waals surface area (Å²) in [6, 6.07) is 4.89. The Morgan fingerprint density at radius 2 is 1.95 bits per heavy atom. The van der Waals surface area contributed by atoms with Gasteiger partial charge in [0, 0.05) is 37.2 Å². The van der Waals surface area contributed by atoms with Crippen LogP contribution in [0, 0.1) is 0 Å². The molecule has 19 heavy (non-hydrogen) atoms. The van der Waals surface area contributed by atoms with Crippen LogP contribution >= 0.6 is 15.9 Å². The van der Waals surface area contributed by atoms with Crippen LogP contribution in [0.1, 0.15) is 10.4 Å². The number of aliphatic hydroxyl groups excluding tert-OH is 1. The van der Waals surface area contributed by atoms with Crippen LogP contribution in [0.2, 0.25) is 0 Å². The minimum absolute atomic E-state index is 0.00263. The number of phenolic OH excluding ortho intramolecular Hbond substituents is 1. The van der Waals surface area contributed by atoms with Crippen molar-refractivity contribution < 1.29 is 15.0 Å². The lowest BCUT2D eigenvalue weighted by Gasteiger charge is -2.34. The highest BCUT2D eigenvalue weighted by Gasteiger charge is 2.23. The number of phenols is 1. The second kappa shape index (κ2) is 6.36. The van der Waals surface area contributed by atoms with Gasteiger partial charge in [0.15, 0.2) is 0 Å². The predicted octanol–water partition coefficient (Wildman–Crippen LogP) is 0.905. The number of carbonyl (C=O) groups excluding carboxylic acids is 1. The second-order valence-corrected chi connectivity index (χ2v) is 5.43. The normalized spacial score (nSPS) is 16.6. The van der Waals surface area contributed by atoms with Crippen LogP contribution in [-0.4, -0.2) is 65.3 Å². The smallest absolute Gasteiger partial charge is 0.257 e. The van der Waals surface area contributed by atoms with E-state index >= 15 is 0 Å². The van der Waals surface area contributed by atoms with E-state index in [-0.39, 0.29) is 18.3 Å². The molecule has 6 heteroatoms. The molecular weight excluding hydrogens is 312 g/mol. The molecule has 1 aliphatic rings. The Morgan fingerprint density at radius 1 is 1.26 bits per heavy atom. The zero-order chi connectivity index (χ0) is 13.8. The van der Waals surface area contributed by atoms with Gasteiger partial charge in [-0.3, -0.25) is 9.69 Å². The third kappa shape index (κ3) is 3.46. The minimum atomic E-state index is -0.145. The SMILES string of the molecule is O=C(c1ccc(Br)cc1O)N1CCN(CCO)CC1. The van der Waals surface area contributed by atoms with E-state index < -0.39 is 0 Å². The van der Waals surface area contributed by atoms with Gasteiger partial charge in [0.1, 0.15) is 5.75 Å². The highest BCUT2D eigenvalue weighted by atomic mass is 79.9. The van der Waals surface area contributed by atoms with Crippen LogP contribution < -0.4 is 0 Å². The third-order valence-corrected chi connectivity index (χ3v) is 3.76. The fourth-order valence-corrected chi connectivity index (χ4v) is 2.52. The van der Waals surface area contributed by atoms with Crippen molar-refractivity contribution in [2.24, 2.45) is 0 Å². The molecule has 0 aliphatic carbocycles. The number of amides is 1. The van der Waals surface area contributed by atoms with Gasteiger partial charge in [-0.1, -0.05) is 15.9 Å². The number of aromatic hydroxyl groups is 1. The first-order valence-corrected chi connectivity index (χ1v) is 7.02. The van der Waals surface area contributed by atoms with E-state index in [0.717, 1.165) is 17.6 Å². The van der Waals surface area contributed by atoms with E-state index in [0.29, 0.717) is 25.2 Å². The average Bonchev–Trinajstić information content (AvgIpc) is 2.39. The van der Waals surface area contributed by atoms with Gasteiger partial charge in [0.25, 0.3) is 5.91 Å². The Kier molecular flexibility index (Phi) is 4.79. The fraction of sp³-hybridized carbons (Fsp3) is 0.462. The van der Waals surface area contributed by atoms with Gasteiger partial charge in [-0.05, 0) is 18.2 Å². The number of nitrogens with zero attached hydrogens (tertiary/aromatic N) is 2. The number of piperazine rings is 1. The Balaban J connectivity index is 2.01. The monoisotopic (exact) mass is 328 g/mol. The van der Waals surface area contributed by atoms with Crippen molar-refractivity contribution >= 4 is 21.8 Å². The number of hydrogen-bond acceptors (Lipinski definition) is 4.